The topological polar surface area (TPSA) is 107 Å². The lowest BCUT2D eigenvalue weighted by Crippen LogP contribution is -2.34. The number of ether oxygens (including phenoxy) is 2. The van der Waals surface area contributed by atoms with Gasteiger partial charge in [0, 0.05) is 17.8 Å². The van der Waals surface area contributed by atoms with Crippen LogP contribution in [-0.2, 0) is 20.7 Å². The van der Waals surface area contributed by atoms with E-state index in [4.69, 9.17) is 9.47 Å². The van der Waals surface area contributed by atoms with Gasteiger partial charge in [-0.1, -0.05) is 23.9 Å². The standard InChI is InChI=1S/C20H23N3O5S/c1-12-14(13(2)22-20(21-12)29-4)9-10-18(25)28-11-17(24)23-19(26)15-7-5-6-8-16(15)27-3/h5-8H,9-11H2,1-4H3,(H,23,24,26). The summed E-state index contributed by atoms with van der Waals surface area (Å²) < 4.78 is 10.0. The molecule has 0 saturated heterocycles. The van der Waals surface area contributed by atoms with E-state index in [2.05, 4.69) is 15.3 Å². The third kappa shape index (κ3) is 6.28. The van der Waals surface area contributed by atoms with Gasteiger partial charge >= 0.3 is 5.97 Å². The van der Waals surface area contributed by atoms with Gasteiger partial charge in [-0.15, -0.1) is 0 Å². The van der Waals surface area contributed by atoms with Crippen molar-refractivity contribution in [2.45, 2.75) is 31.8 Å². The molecule has 0 spiro atoms. The summed E-state index contributed by atoms with van der Waals surface area (Å²) in [5, 5.41) is 2.86. The minimum absolute atomic E-state index is 0.0807. The molecule has 2 amide bonds. The van der Waals surface area contributed by atoms with Crippen LogP contribution in [0.5, 0.6) is 5.75 Å². The van der Waals surface area contributed by atoms with Crippen molar-refractivity contribution in [3.8, 4) is 5.75 Å². The summed E-state index contributed by atoms with van der Waals surface area (Å²) in [7, 11) is 1.43. The highest BCUT2D eigenvalue weighted by molar-refractivity contribution is 7.98. The maximum absolute atomic E-state index is 12.1. The quantitative estimate of drug-likeness (QED) is 0.396. The van der Waals surface area contributed by atoms with Gasteiger partial charge in [-0.25, -0.2) is 9.97 Å². The number of aryl methyl sites for hydroxylation is 2. The zero-order chi connectivity index (χ0) is 21.4. The molecule has 2 aromatic rings. The number of nitrogens with zero attached hydrogens (tertiary/aromatic N) is 2. The van der Waals surface area contributed by atoms with E-state index in [1.165, 1.54) is 24.9 Å². The molecule has 1 aromatic heterocycles. The smallest absolute Gasteiger partial charge is 0.306 e. The molecular formula is C20H23N3O5S. The van der Waals surface area contributed by atoms with Crippen LogP contribution in [0.2, 0.25) is 0 Å². The molecule has 2 rings (SSSR count). The summed E-state index contributed by atoms with van der Waals surface area (Å²) in [6.45, 7) is 3.19. The Balaban J connectivity index is 1.83. The van der Waals surface area contributed by atoms with E-state index < -0.39 is 24.4 Å². The Morgan fingerprint density at radius 3 is 2.38 bits per heavy atom. The maximum atomic E-state index is 12.1. The Morgan fingerprint density at radius 1 is 1.10 bits per heavy atom. The third-order valence-electron chi connectivity index (χ3n) is 4.13. The van der Waals surface area contributed by atoms with Crippen molar-refractivity contribution in [2.24, 2.45) is 0 Å². The Morgan fingerprint density at radius 2 is 1.76 bits per heavy atom. The van der Waals surface area contributed by atoms with Gasteiger partial charge in [0.05, 0.1) is 12.7 Å². The zero-order valence-corrected chi connectivity index (χ0v) is 17.6. The number of amides is 2. The molecule has 9 heteroatoms. The molecule has 0 aliphatic rings. The molecule has 8 nitrogen and oxygen atoms in total. The number of rotatable bonds is 8. The van der Waals surface area contributed by atoms with E-state index in [9.17, 15) is 14.4 Å². The van der Waals surface area contributed by atoms with Gasteiger partial charge in [0.25, 0.3) is 11.8 Å². The molecule has 154 valence electrons. The highest BCUT2D eigenvalue weighted by atomic mass is 32.2. The SMILES string of the molecule is COc1ccccc1C(=O)NC(=O)COC(=O)CCc1c(C)nc(SC)nc1C. The summed E-state index contributed by atoms with van der Waals surface area (Å²) in [5.74, 6) is -1.54. The summed E-state index contributed by atoms with van der Waals surface area (Å²) in [6, 6.07) is 6.50. The molecule has 0 fully saturated rings. The minimum atomic E-state index is -0.714. The van der Waals surface area contributed by atoms with Gasteiger partial charge < -0.3 is 9.47 Å². The number of para-hydroxylation sites is 1. The van der Waals surface area contributed by atoms with Crippen molar-refractivity contribution in [3.05, 3.63) is 46.8 Å². The van der Waals surface area contributed by atoms with Crippen LogP contribution in [0.15, 0.2) is 29.4 Å². The van der Waals surface area contributed by atoms with Crippen LogP contribution < -0.4 is 10.1 Å². The first-order valence-corrected chi connectivity index (χ1v) is 10.1. The van der Waals surface area contributed by atoms with E-state index in [1.54, 1.807) is 18.2 Å². The fraction of sp³-hybridized carbons (Fsp3) is 0.350. The number of nitrogens with one attached hydrogen (secondary N) is 1. The number of methoxy groups -OCH3 is 1. The van der Waals surface area contributed by atoms with Crippen molar-refractivity contribution >= 4 is 29.5 Å². The van der Waals surface area contributed by atoms with Gasteiger partial charge in [0.1, 0.15) is 5.75 Å². The van der Waals surface area contributed by atoms with Crippen LogP contribution in [-0.4, -0.2) is 47.7 Å². The van der Waals surface area contributed by atoms with Crippen LogP contribution in [0.25, 0.3) is 0 Å². The first-order chi connectivity index (χ1) is 13.8. The van der Waals surface area contributed by atoms with Crippen molar-refractivity contribution in [2.75, 3.05) is 20.0 Å². The largest absolute Gasteiger partial charge is 0.496 e. The van der Waals surface area contributed by atoms with Crippen molar-refractivity contribution in [3.63, 3.8) is 0 Å². The monoisotopic (exact) mass is 417 g/mol. The van der Waals surface area contributed by atoms with Gasteiger partial charge in [0.2, 0.25) is 0 Å². The number of esters is 1. The molecule has 0 unspecified atom stereocenters. The van der Waals surface area contributed by atoms with Crippen molar-refractivity contribution in [1.82, 2.24) is 15.3 Å². The summed E-state index contributed by atoms with van der Waals surface area (Å²) in [4.78, 5) is 44.8. The molecule has 0 bridgehead atoms. The summed E-state index contributed by atoms with van der Waals surface area (Å²) in [6.07, 6.45) is 2.39. The molecule has 0 aliphatic heterocycles. The number of aromatic nitrogens is 2. The lowest BCUT2D eigenvalue weighted by Gasteiger charge is -2.10. The number of hydrogen-bond donors (Lipinski definition) is 1. The average molecular weight is 417 g/mol. The van der Waals surface area contributed by atoms with Gasteiger partial charge in [-0.05, 0) is 44.2 Å². The number of carbonyl (C=O) groups excluding carboxylic acids is 3. The molecule has 0 saturated carbocycles. The Hall–Kier alpha value is -2.94. The molecule has 29 heavy (non-hydrogen) atoms. The van der Waals surface area contributed by atoms with Crippen LogP contribution in [0.1, 0.15) is 33.7 Å². The number of carbonyl (C=O) groups is 3. The van der Waals surface area contributed by atoms with Crippen LogP contribution in [0.3, 0.4) is 0 Å². The Kier molecular flexibility index (Phi) is 8.14. The molecule has 1 heterocycles. The molecule has 1 aromatic carbocycles. The maximum Gasteiger partial charge on any atom is 0.306 e. The fourth-order valence-electron chi connectivity index (χ4n) is 2.67. The zero-order valence-electron chi connectivity index (χ0n) is 16.8. The second-order valence-corrected chi connectivity index (χ2v) is 6.87. The molecule has 0 aliphatic carbocycles. The fourth-order valence-corrected chi connectivity index (χ4v) is 3.13. The summed E-state index contributed by atoms with van der Waals surface area (Å²) in [5.41, 5.74) is 2.73. The molecule has 1 N–H and O–H groups in total. The highest BCUT2D eigenvalue weighted by Crippen LogP contribution is 2.18. The normalized spacial score (nSPS) is 10.3. The molecule has 0 radical (unpaired) electrons. The Bertz CT molecular complexity index is 894. The van der Waals surface area contributed by atoms with E-state index in [0.29, 0.717) is 17.3 Å². The highest BCUT2D eigenvalue weighted by Gasteiger charge is 2.16. The van der Waals surface area contributed by atoms with Gasteiger partial charge in [-0.2, -0.15) is 0 Å². The lowest BCUT2D eigenvalue weighted by atomic mass is 10.1. The van der Waals surface area contributed by atoms with E-state index >= 15 is 0 Å². The van der Waals surface area contributed by atoms with Crippen LogP contribution in [0, 0.1) is 13.8 Å². The number of benzene rings is 1. The van der Waals surface area contributed by atoms with E-state index in [-0.39, 0.29) is 12.0 Å². The first-order valence-electron chi connectivity index (χ1n) is 8.86. The second-order valence-electron chi connectivity index (χ2n) is 6.10. The minimum Gasteiger partial charge on any atom is -0.496 e. The Labute approximate surface area is 173 Å². The van der Waals surface area contributed by atoms with E-state index in [0.717, 1.165) is 17.0 Å². The predicted molar refractivity (Wildman–Crippen MR) is 108 cm³/mol. The van der Waals surface area contributed by atoms with Crippen LogP contribution >= 0.6 is 11.8 Å². The summed E-state index contributed by atoms with van der Waals surface area (Å²) >= 11 is 1.45. The lowest BCUT2D eigenvalue weighted by molar-refractivity contribution is -0.148. The van der Waals surface area contributed by atoms with Crippen molar-refractivity contribution < 1.29 is 23.9 Å². The molecular weight excluding hydrogens is 394 g/mol. The van der Waals surface area contributed by atoms with Crippen molar-refractivity contribution in [1.29, 1.82) is 0 Å². The predicted octanol–water partition coefficient (Wildman–Crippen LogP) is 2.26. The van der Waals surface area contributed by atoms with Crippen LogP contribution in [0.4, 0.5) is 0 Å². The first kappa shape index (κ1) is 22.4. The average Bonchev–Trinajstić information content (AvgIpc) is 2.71. The van der Waals surface area contributed by atoms with Gasteiger partial charge in [0.15, 0.2) is 11.8 Å². The molecule has 0 atom stereocenters. The number of thioether (sulfide) groups is 1. The second kappa shape index (κ2) is 10.6. The number of imide groups is 1. The third-order valence-corrected chi connectivity index (χ3v) is 4.68. The van der Waals surface area contributed by atoms with E-state index in [1.807, 2.05) is 20.1 Å². The number of hydrogen-bond acceptors (Lipinski definition) is 8. The van der Waals surface area contributed by atoms with Gasteiger partial charge in [-0.3, -0.25) is 19.7 Å².